The van der Waals surface area contributed by atoms with E-state index in [-0.39, 0.29) is 5.75 Å². The smallest absolute Gasteiger partial charge is 0.314 e. The minimum Gasteiger partial charge on any atom is -0.481 e. The van der Waals surface area contributed by atoms with Gasteiger partial charge in [-0.05, 0) is 24.0 Å². The zero-order chi connectivity index (χ0) is 13.3. The number of carboxylic acids is 1. The maximum atomic E-state index is 11.2. The monoisotopic (exact) mass is 268 g/mol. The molecule has 1 aliphatic rings. The molecule has 2 atom stereocenters. The SMILES string of the molecule is O=C(O)C1(c2cccc(C(O)C(O)CS)c2)CC1. The van der Waals surface area contributed by atoms with Crippen molar-refractivity contribution in [1.82, 2.24) is 0 Å². The fourth-order valence-corrected chi connectivity index (χ4v) is 2.29. The molecule has 1 fully saturated rings. The largest absolute Gasteiger partial charge is 0.481 e. The van der Waals surface area contributed by atoms with E-state index in [0.717, 1.165) is 0 Å². The second-order valence-corrected chi connectivity index (χ2v) is 5.07. The lowest BCUT2D eigenvalue weighted by Gasteiger charge is -2.18. The summed E-state index contributed by atoms with van der Waals surface area (Å²) in [5.74, 6) is -0.681. The van der Waals surface area contributed by atoms with Gasteiger partial charge in [-0.15, -0.1) is 0 Å². The fraction of sp³-hybridized carbons (Fsp3) is 0.462. The van der Waals surface area contributed by atoms with E-state index in [9.17, 15) is 20.1 Å². The van der Waals surface area contributed by atoms with E-state index in [1.165, 1.54) is 0 Å². The Morgan fingerprint density at radius 1 is 1.39 bits per heavy atom. The summed E-state index contributed by atoms with van der Waals surface area (Å²) in [5, 5.41) is 28.7. The lowest BCUT2D eigenvalue weighted by molar-refractivity contribution is -0.140. The molecule has 0 heterocycles. The minimum absolute atomic E-state index is 0.148. The summed E-state index contributed by atoms with van der Waals surface area (Å²) in [4.78, 5) is 11.2. The van der Waals surface area contributed by atoms with Crippen molar-refractivity contribution in [3.05, 3.63) is 35.4 Å². The molecule has 4 nitrogen and oxygen atoms in total. The Labute approximate surface area is 111 Å². The highest BCUT2D eigenvalue weighted by atomic mass is 32.1. The topological polar surface area (TPSA) is 77.8 Å². The first-order chi connectivity index (χ1) is 8.51. The summed E-state index contributed by atoms with van der Waals surface area (Å²) in [6, 6.07) is 6.81. The van der Waals surface area contributed by atoms with E-state index >= 15 is 0 Å². The highest BCUT2D eigenvalue weighted by molar-refractivity contribution is 7.80. The van der Waals surface area contributed by atoms with Crippen molar-refractivity contribution in [2.24, 2.45) is 0 Å². The van der Waals surface area contributed by atoms with Gasteiger partial charge in [0.25, 0.3) is 0 Å². The van der Waals surface area contributed by atoms with Crippen LogP contribution in [0, 0.1) is 0 Å². The predicted molar refractivity (Wildman–Crippen MR) is 69.8 cm³/mol. The molecule has 0 saturated heterocycles. The molecule has 1 saturated carbocycles. The van der Waals surface area contributed by atoms with Crippen molar-refractivity contribution >= 4 is 18.6 Å². The van der Waals surface area contributed by atoms with Crippen molar-refractivity contribution in [1.29, 1.82) is 0 Å². The lowest BCUT2D eigenvalue weighted by atomic mass is 9.92. The molecule has 1 aliphatic carbocycles. The predicted octanol–water partition coefficient (Wildman–Crippen LogP) is 1.13. The molecular weight excluding hydrogens is 252 g/mol. The molecule has 18 heavy (non-hydrogen) atoms. The van der Waals surface area contributed by atoms with Crippen LogP contribution >= 0.6 is 12.6 Å². The number of hydrogen-bond donors (Lipinski definition) is 4. The van der Waals surface area contributed by atoms with E-state index in [1.807, 2.05) is 0 Å². The van der Waals surface area contributed by atoms with Crippen LogP contribution in [0.25, 0.3) is 0 Å². The third-order valence-corrected chi connectivity index (χ3v) is 3.87. The molecule has 0 radical (unpaired) electrons. The minimum atomic E-state index is -1.04. The average molecular weight is 268 g/mol. The van der Waals surface area contributed by atoms with Crippen molar-refractivity contribution in [2.75, 3.05) is 5.75 Å². The summed E-state index contributed by atoms with van der Waals surface area (Å²) in [6.45, 7) is 0. The molecule has 5 heteroatoms. The Morgan fingerprint density at radius 2 is 2.06 bits per heavy atom. The highest BCUT2D eigenvalue weighted by Gasteiger charge is 2.51. The van der Waals surface area contributed by atoms with E-state index in [1.54, 1.807) is 24.3 Å². The normalized spacial score (nSPS) is 20.2. The summed E-state index contributed by atoms with van der Waals surface area (Å²) >= 11 is 3.93. The van der Waals surface area contributed by atoms with E-state index in [0.29, 0.717) is 24.0 Å². The number of carbonyl (C=O) groups is 1. The summed E-state index contributed by atoms with van der Waals surface area (Å²) in [6.07, 6.45) is -0.746. The van der Waals surface area contributed by atoms with E-state index in [4.69, 9.17) is 0 Å². The van der Waals surface area contributed by atoms with Gasteiger partial charge in [0.1, 0.15) is 6.10 Å². The lowest BCUT2D eigenvalue weighted by Crippen LogP contribution is -2.22. The van der Waals surface area contributed by atoms with Crippen LogP contribution in [0.4, 0.5) is 0 Å². The standard InChI is InChI=1S/C13H16O4S/c14-10(7-18)11(15)8-2-1-3-9(6-8)13(4-5-13)12(16)17/h1-3,6,10-11,14-15,18H,4-5,7H2,(H,16,17). The number of benzene rings is 1. The number of aliphatic hydroxyl groups is 2. The zero-order valence-electron chi connectivity index (χ0n) is 9.78. The number of rotatable bonds is 5. The van der Waals surface area contributed by atoms with Gasteiger partial charge in [0, 0.05) is 5.75 Å². The van der Waals surface area contributed by atoms with Gasteiger partial charge in [-0.1, -0.05) is 24.3 Å². The molecular formula is C13H16O4S. The molecule has 98 valence electrons. The quantitative estimate of drug-likeness (QED) is 0.604. The molecule has 0 aliphatic heterocycles. The second kappa shape index (κ2) is 4.91. The van der Waals surface area contributed by atoms with Gasteiger partial charge in [-0.3, -0.25) is 4.79 Å². The molecule has 0 aromatic heterocycles. The van der Waals surface area contributed by atoms with Crippen LogP contribution in [0.5, 0.6) is 0 Å². The van der Waals surface area contributed by atoms with Crippen LogP contribution in [-0.2, 0) is 10.2 Å². The number of hydrogen-bond acceptors (Lipinski definition) is 4. The van der Waals surface area contributed by atoms with Crippen LogP contribution in [0.15, 0.2) is 24.3 Å². The van der Waals surface area contributed by atoms with Crippen molar-refractivity contribution in [2.45, 2.75) is 30.5 Å². The van der Waals surface area contributed by atoms with Gasteiger partial charge >= 0.3 is 5.97 Å². The van der Waals surface area contributed by atoms with Gasteiger partial charge in [-0.25, -0.2) is 0 Å². The molecule has 0 amide bonds. The first-order valence-corrected chi connectivity index (χ1v) is 6.45. The van der Waals surface area contributed by atoms with Crippen LogP contribution in [-0.4, -0.2) is 33.1 Å². The van der Waals surface area contributed by atoms with Crippen molar-refractivity contribution in [3.8, 4) is 0 Å². The van der Waals surface area contributed by atoms with Crippen molar-refractivity contribution < 1.29 is 20.1 Å². The number of aliphatic hydroxyl groups excluding tert-OH is 2. The van der Waals surface area contributed by atoms with Gasteiger partial charge in [-0.2, -0.15) is 12.6 Å². The van der Waals surface area contributed by atoms with Crippen LogP contribution in [0.1, 0.15) is 30.1 Å². The second-order valence-electron chi connectivity index (χ2n) is 4.71. The van der Waals surface area contributed by atoms with E-state index in [2.05, 4.69) is 12.6 Å². The third-order valence-electron chi connectivity index (χ3n) is 3.49. The van der Waals surface area contributed by atoms with Gasteiger partial charge in [0.2, 0.25) is 0 Å². The Morgan fingerprint density at radius 3 is 2.56 bits per heavy atom. The van der Waals surface area contributed by atoms with Crippen LogP contribution in [0.3, 0.4) is 0 Å². The fourth-order valence-electron chi connectivity index (χ4n) is 2.09. The van der Waals surface area contributed by atoms with Gasteiger partial charge in [0.05, 0.1) is 11.5 Å². The van der Waals surface area contributed by atoms with Crippen LogP contribution < -0.4 is 0 Å². The zero-order valence-corrected chi connectivity index (χ0v) is 10.7. The molecule has 1 aromatic carbocycles. The first kappa shape index (κ1) is 13.4. The summed E-state index contributed by atoms with van der Waals surface area (Å²) in [7, 11) is 0. The first-order valence-electron chi connectivity index (χ1n) is 5.82. The van der Waals surface area contributed by atoms with E-state index < -0.39 is 23.6 Å². The Balaban J connectivity index is 2.29. The van der Waals surface area contributed by atoms with Crippen LogP contribution in [0.2, 0.25) is 0 Å². The Hall–Kier alpha value is -1.04. The van der Waals surface area contributed by atoms with Gasteiger partial charge in [0.15, 0.2) is 0 Å². The molecule has 0 spiro atoms. The Bertz CT molecular complexity index is 456. The molecule has 2 rings (SSSR count). The number of carboxylic acid groups (broad SMARTS) is 1. The molecule has 0 bridgehead atoms. The maximum absolute atomic E-state index is 11.2. The number of aliphatic carboxylic acids is 1. The Kier molecular flexibility index (Phi) is 3.66. The van der Waals surface area contributed by atoms with Crippen molar-refractivity contribution in [3.63, 3.8) is 0 Å². The summed E-state index contributed by atoms with van der Waals surface area (Å²) < 4.78 is 0. The molecule has 2 unspecified atom stereocenters. The van der Waals surface area contributed by atoms with Gasteiger partial charge < -0.3 is 15.3 Å². The summed E-state index contributed by atoms with van der Waals surface area (Å²) in [5.41, 5.74) is 0.432. The maximum Gasteiger partial charge on any atom is 0.314 e. The molecule has 3 N–H and O–H groups in total. The third kappa shape index (κ3) is 2.25. The average Bonchev–Trinajstić information content (AvgIpc) is 3.18. The molecule has 1 aromatic rings. The highest BCUT2D eigenvalue weighted by Crippen LogP contribution is 2.48. The number of thiol groups is 1.